The van der Waals surface area contributed by atoms with Crippen LogP contribution < -0.4 is 9.80 Å². The topological polar surface area (TPSA) is 45.2 Å². The van der Waals surface area contributed by atoms with Gasteiger partial charge in [-0.25, -0.2) is 0 Å². The Hall–Kier alpha value is -3.18. The highest BCUT2D eigenvalue weighted by atomic mass is 35.5. The van der Waals surface area contributed by atoms with Crippen LogP contribution >= 0.6 is 11.6 Å². The Morgan fingerprint density at radius 1 is 0.844 bits per heavy atom. The smallest absolute Gasteiger partial charge is 0.0966 e. The van der Waals surface area contributed by atoms with Crippen molar-refractivity contribution in [1.29, 1.82) is 0 Å². The van der Waals surface area contributed by atoms with Gasteiger partial charge in [0.1, 0.15) is 0 Å². The summed E-state index contributed by atoms with van der Waals surface area (Å²) < 4.78 is 0. The van der Waals surface area contributed by atoms with Crippen LogP contribution in [0.15, 0.2) is 66.7 Å². The van der Waals surface area contributed by atoms with E-state index in [2.05, 4.69) is 81.5 Å². The molecule has 0 radical (unpaired) electrons. The number of aromatic nitrogens is 3. The number of nitrogens with zero attached hydrogens (tertiary/aromatic N) is 5. The van der Waals surface area contributed by atoms with E-state index in [9.17, 15) is 0 Å². The molecule has 0 aliphatic carbocycles. The van der Waals surface area contributed by atoms with Gasteiger partial charge in [-0.15, -0.1) is 10.2 Å². The van der Waals surface area contributed by atoms with Crippen LogP contribution in [-0.2, 0) is 0 Å². The molecule has 0 saturated carbocycles. The summed E-state index contributed by atoms with van der Waals surface area (Å²) in [5.41, 5.74) is 6.05. The fraction of sp³-hybridized carbons (Fsp3) is 0.269. The highest BCUT2D eigenvalue weighted by Gasteiger charge is 2.24. The minimum Gasteiger partial charge on any atom is -0.378 e. The first-order valence-electron chi connectivity index (χ1n) is 10.9. The number of benzene rings is 3. The lowest BCUT2D eigenvalue weighted by molar-refractivity contribution is 0.809. The Morgan fingerprint density at radius 3 is 2.19 bits per heavy atom. The van der Waals surface area contributed by atoms with Gasteiger partial charge in [0.25, 0.3) is 0 Å². The summed E-state index contributed by atoms with van der Waals surface area (Å²) in [6, 6.07) is 22.8. The molecule has 0 aliphatic heterocycles. The lowest BCUT2D eigenvalue weighted by atomic mass is 9.86. The molecular weight excluding hydrogens is 418 g/mol. The molecule has 0 bridgehead atoms. The molecule has 6 heteroatoms. The van der Waals surface area contributed by atoms with Crippen molar-refractivity contribution in [1.82, 2.24) is 15.4 Å². The van der Waals surface area contributed by atoms with Crippen LogP contribution in [0.5, 0.6) is 0 Å². The minimum absolute atomic E-state index is 0.162. The van der Waals surface area contributed by atoms with Gasteiger partial charge in [0, 0.05) is 49.0 Å². The molecule has 0 saturated heterocycles. The largest absolute Gasteiger partial charge is 0.378 e. The zero-order chi connectivity index (χ0) is 22.7. The van der Waals surface area contributed by atoms with E-state index < -0.39 is 0 Å². The summed E-state index contributed by atoms with van der Waals surface area (Å²) in [5, 5.41) is 14.5. The number of hydrogen-bond donors (Lipinski definition) is 0. The molecule has 0 amide bonds. The van der Waals surface area contributed by atoms with Gasteiger partial charge in [-0.2, -0.15) is 0 Å². The fourth-order valence-electron chi connectivity index (χ4n) is 4.15. The molecule has 4 rings (SSSR count). The molecule has 3 aromatic carbocycles. The van der Waals surface area contributed by atoms with Gasteiger partial charge in [0.2, 0.25) is 0 Å². The Morgan fingerprint density at radius 2 is 1.53 bits per heavy atom. The normalized spacial score (nSPS) is 12.0. The number of rotatable bonds is 7. The highest BCUT2D eigenvalue weighted by molar-refractivity contribution is 6.31. The summed E-state index contributed by atoms with van der Waals surface area (Å²) in [7, 11) is 4.08. The zero-order valence-electron chi connectivity index (χ0n) is 19.0. The van der Waals surface area contributed by atoms with Gasteiger partial charge in [0.05, 0.1) is 17.1 Å². The van der Waals surface area contributed by atoms with E-state index in [4.69, 9.17) is 11.6 Å². The van der Waals surface area contributed by atoms with Crippen LogP contribution in [-0.4, -0.2) is 42.6 Å². The number of halogens is 1. The van der Waals surface area contributed by atoms with E-state index in [1.807, 2.05) is 38.4 Å². The molecule has 0 N–H and O–H groups in total. The molecule has 4 aromatic rings. The summed E-state index contributed by atoms with van der Waals surface area (Å²) >= 11 is 6.92. The molecule has 1 heterocycles. The first-order valence-corrected chi connectivity index (χ1v) is 11.3. The second-order valence-electron chi connectivity index (χ2n) is 7.99. The lowest BCUT2D eigenvalue weighted by Crippen LogP contribution is -2.21. The van der Waals surface area contributed by atoms with Gasteiger partial charge >= 0.3 is 0 Å². The van der Waals surface area contributed by atoms with Crippen molar-refractivity contribution in [2.24, 2.45) is 0 Å². The molecule has 0 aliphatic rings. The van der Waals surface area contributed by atoms with Crippen molar-refractivity contribution < 1.29 is 0 Å². The molecule has 1 unspecified atom stereocenters. The second kappa shape index (κ2) is 9.53. The molecular formula is C26H28ClN5. The monoisotopic (exact) mass is 445 g/mol. The van der Waals surface area contributed by atoms with Crippen LogP contribution in [0.2, 0.25) is 5.02 Å². The maximum atomic E-state index is 6.92. The summed E-state index contributed by atoms with van der Waals surface area (Å²) in [6.45, 7) is 6.17. The SMILES string of the molecule is CCN(CC)c1ccc(C(c2ccc(N(C)C)cc2)c2nnnc3ccccc23)c(Cl)c1. The van der Waals surface area contributed by atoms with Crippen LogP contribution in [0.4, 0.5) is 11.4 Å². The third kappa shape index (κ3) is 4.26. The fourth-order valence-corrected chi connectivity index (χ4v) is 4.43. The van der Waals surface area contributed by atoms with Crippen molar-refractivity contribution in [3.8, 4) is 0 Å². The Balaban J connectivity index is 1.90. The van der Waals surface area contributed by atoms with Crippen molar-refractivity contribution >= 4 is 33.9 Å². The summed E-state index contributed by atoms with van der Waals surface area (Å²) in [5.74, 6) is -0.162. The minimum atomic E-state index is -0.162. The molecule has 1 atom stereocenters. The quantitative estimate of drug-likeness (QED) is 0.361. The third-order valence-electron chi connectivity index (χ3n) is 5.92. The van der Waals surface area contributed by atoms with E-state index in [0.717, 1.165) is 57.2 Å². The van der Waals surface area contributed by atoms with E-state index in [1.54, 1.807) is 0 Å². The van der Waals surface area contributed by atoms with Crippen LogP contribution in [0.1, 0.15) is 36.6 Å². The predicted molar refractivity (Wildman–Crippen MR) is 134 cm³/mol. The van der Waals surface area contributed by atoms with E-state index in [-0.39, 0.29) is 5.92 Å². The second-order valence-corrected chi connectivity index (χ2v) is 8.40. The molecule has 1 aromatic heterocycles. The van der Waals surface area contributed by atoms with Gasteiger partial charge in [-0.05, 0) is 60.5 Å². The average molecular weight is 446 g/mol. The van der Waals surface area contributed by atoms with Gasteiger partial charge in [0.15, 0.2) is 0 Å². The molecule has 0 spiro atoms. The van der Waals surface area contributed by atoms with E-state index in [0.29, 0.717) is 0 Å². The summed E-state index contributed by atoms with van der Waals surface area (Å²) in [4.78, 5) is 4.38. The first kappa shape index (κ1) is 22.0. The Labute approximate surface area is 194 Å². The Kier molecular flexibility index (Phi) is 6.56. The molecule has 5 nitrogen and oxygen atoms in total. The lowest BCUT2D eigenvalue weighted by Gasteiger charge is -2.24. The molecule has 0 fully saturated rings. The first-order chi connectivity index (χ1) is 15.5. The standard InChI is InChI=1S/C26H28ClN5/c1-5-32(6-2)20-15-16-21(23(27)17-20)25(18-11-13-19(14-12-18)31(3)4)26-22-9-7-8-10-24(22)28-30-29-26/h7-17,25H,5-6H2,1-4H3. The number of anilines is 2. The van der Waals surface area contributed by atoms with Crippen molar-refractivity contribution in [2.45, 2.75) is 19.8 Å². The Bertz CT molecular complexity index is 1200. The highest BCUT2D eigenvalue weighted by Crippen LogP contribution is 2.39. The van der Waals surface area contributed by atoms with Crippen LogP contribution in [0.25, 0.3) is 10.9 Å². The predicted octanol–water partition coefficient (Wildman–Crippen LogP) is 5.77. The number of hydrogen-bond acceptors (Lipinski definition) is 5. The van der Waals surface area contributed by atoms with Crippen molar-refractivity contribution in [3.63, 3.8) is 0 Å². The van der Waals surface area contributed by atoms with Crippen LogP contribution in [0, 0.1) is 0 Å². The van der Waals surface area contributed by atoms with Crippen molar-refractivity contribution in [2.75, 3.05) is 37.0 Å². The third-order valence-corrected chi connectivity index (χ3v) is 6.25. The van der Waals surface area contributed by atoms with Gasteiger partial charge in [-0.3, -0.25) is 0 Å². The average Bonchev–Trinajstić information content (AvgIpc) is 2.82. The van der Waals surface area contributed by atoms with Gasteiger partial charge < -0.3 is 9.80 Å². The van der Waals surface area contributed by atoms with Gasteiger partial charge in [-0.1, -0.05) is 48.0 Å². The molecule has 32 heavy (non-hydrogen) atoms. The maximum Gasteiger partial charge on any atom is 0.0966 e. The zero-order valence-corrected chi connectivity index (χ0v) is 19.7. The van der Waals surface area contributed by atoms with E-state index >= 15 is 0 Å². The van der Waals surface area contributed by atoms with E-state index in [1.165, 1.54) is 0 Å². The van der Waals surface area contributed by atoms with Crippen LogP contribution in [0.3, 0.4) is 0 Å². The maximum absolute atomic E-state index is 6.92. The number of fused-ring (bicyclic) bond motifs is 1. The molecule has 164 valence electrons. The van der Waals surface area contributed by atoms with Crippen molar-refractivity contribution in [3.05, 3.63) is 88.6 Å². The summed E-state index contributed by atoms with van der Waals surface area (Å²) in [6.07, 6.45) is 0.